The molecule has 0 bridgehead atoms. The van der Waals surface area contributed by atoms with E-state index in [0.717, 1.165) is 18.7 Å². The van der Waals surface area contributed by atoms with E-state index in [1.54, 1.807) is 0 Å². The highest BCUT2D eigenvalue weighted by molar-refractivity contribution is 5.45. The lowest BCUT2D eigenvalue weighted by atomic mass is 9.81. The van der Waals surface area contributed by atoms with Crippen molar-refractivity contribution in [3.63, 3.8) is 0 Å². The zero-order chi connectivity index (χ0) is 13.3. The number of ether oxygens (including phenoxy) is 1. The zero-order valence-electron chi connectivity index (χ0n) is 12.2. The van der Waals surface area contributed by atoms with E-state index in [-0.39, 0.29) is 11.5 Å². The van der Waals surface area contributed by atoms with Gasteiger partial charge in [0.25, 0.3) is 0 Å². The van der Waals surface area contributed by atoms with E-state index in [4.69, 9.17) is 4.74 Å². The Bertz CT molecular complexity index is 425. The first-order valence-electron chi connectivity index (χ1n) is 7.04. The SMILES string of the molecule is CCNC1c2cc(C(C)(C)CC)ccc2OC1C. The minimum absolute atomic E-state index is 0.222. The molecular formula is C16H25NO. The average Bonchev–Trinajstić information content (AvgIpc) is 2.66. The van der Waals surface area contributed by atoms with Crippen molar-refractivity contribution in [3.05, 3.63) is 29.3 Å². The van der Waals surface area contributed by atoms with Gasteiger partial charge < -0.3 is 10.1 Å². The number of nitrogens with one attached hydrogen (secondary N) is 1. The summed E-state index contributed by atoms with van der Waals surface area (Å²) >= 11 is 0. The van der Waals surface area contributed by atoms with Gasteiger partial charge in [-0.1, -0.05) is 33.8 Å². The lowest BCUT2D eigenvalue weighted by Crippen LogP contribution is -2.28. The van der Waals surface area contributed by atoms with E-state index in [9.17, 15) is 0 Å². The standard InChI is InChI=1S/C16H25NO/c1-6-16(4,5)12-8-9-14-13(10-12)15(17-7-2)11(3)18-14/h8-11,15,17H,6-7H2,1-5H3. The Morgan fingerprint density at radius 2 is 2.00 bits per heavy atom. The molecule has 0 saturated carbocycles. The molecule has 100 valence electrons. The van der Waals surface area contributed by atoms with Crippen molar-refractivity contribution in [2.75, 3.05) is 6.54 Å². The molecule has 1 N–H and O–H groups in total. The van der Waals surface area contributed by atoms with Gasteiger partial charge >= 0.3 is 0 Å². The normalized spacial score (nSPS) is 22.7. The van der Waals surface area contributed by atoms with Crippen molar-refractivity contribution in [2.45, 2.75) is 58.6 Å². The van der Waals surface area contributed by atoms with Gasteiger partial charge in [0, 0.05) is 5.56 Å². The second kappa shape index (κ2) is 4.93. The monoisotopic (exact) mass is 247 g/mol. The predicted octanol–water partition coefficient (Wildman–Crippen LogP) is 3.81. The zero-order valence-corrected chi connectivity index (χ0v) is 12.2. The second-order valence-electron chi connectivity index (χ2n) is 5.85. The van der Waals surface area contributed by atoms with Crippen molar-refractivity contribution in [1.29, 1.82) is 0 Å². The van der Waals surface area contributed by atoms with Crippen LogP contribution in [0.25, 0.3) is 0 Å². The molecule has 0 fully saturated rings. The fourth-order valence-corrected chi connectivity index (χ4v) is 2.54. The second-order valence-corrected chi connectivity index (χ2v) is 5.85. The topological polar surface area (TPSA) is 21.3 Å². The number of rotatable bonds is 4. The summed E-state index contributed by atoms with van der Waals surface area (Å²) in [6.45, 7) is 12.1. The molecule has 1 aromatic rings. The van der Waals surface area contributed by atoms with Crippen molar-refractivity contribution in [1.82, 2.24) is 5.32 Å². The van der Waals surface area contributed by atoms with Crippen molar-refractivity contribution < 1.29 is 4.74 Å². The fraction of sp³-hybridized carbons (Fsp3) is 0.625. The van der Waals surface area contributed by atoms with Gasteiger partial charge in [-0.25, -0.2) is 0 Å². The third-order valence-electron chi connectivity index (χ3n) is 4.22. The lowest BCUT2D eigenvalue weighted by molar-refractivity contribution is 0.211. The van der Waals surface area contributed by atoms with Crippen LogP contribution < -0.4 is 10.1 Å². The number of likely N-dealkylation sites (N-methyl/N-ethyl adjacent to an activating group) is 1. The fourth-order valence-electron chi connectivity index (χ4n) is 2.54. The molecule has 2 atom stereocenters. The maximum Gasteiger partial charge on any atom is 0.124 e. The Balaban J connectivity index is 2.37. The summed E-state index contributed by atoms with van der Waals surface area (Å²) in [5, 5.41) is 3.52. The minimum Gasteiger partial charge on any atom is -0.488 e. The molecule has 1 aromatic carbocycles. The minimum atomic E-state index is 0.222. The maximum atomic E-state index is 5.91. The van der Waals surface area contributed by atoms with Crippen LogP contribution in [-0.4, -0.2) is 12.6 Å². The summed E-state index contributed by atoms with van der Waals surface area (Å²) in [5.41, 5.74) is 2.96. The average molecular weight is 247 g/mol. The Labute approximate surface area is 111 Å². The smallest absolute Gasteiger partial charge is 0.124 e. The molecule has 18 heavy (non-hydrogen) atoms. The molecule has 2 rings (SSSR count). The first kappa shape index (κ1) is 13.4. The summed E-state index contributed by atoms with van der Waals surface area (Å²) < 4.78 is 5.91. The third kappa shape index (κ3) is 2.26. The van der Waals surface area contributed by atoms with Gasteiger partial charge in [0.1, 0.15) is 11.9 Å². The Morgan fingerprint density at radius 1 is 1.28 bits per heavy atom. The van der Waals surface area contributed by atoms with Crippen molar-refractivity contribution in [3.8, 4) is 5.75 Å². The van der Waals surface area contributed by atoms with E-state index in [0.29, 0.717) is 6.04 Å². The van der Waals surface area contributed by atoms with Crippen LogP contribution >= 0.6 is 0 Å². The molecule has 2 unspecified atom stereocenters. The summed E-state index contributed by atoms with van der Waals surface area (Å²) in [4.78, 5) is 0. The summed E-state index contributed by atoms with van der Waals surface area (Å²) in [6.07, 6.45) is 1.37. The molecule has 1 heterocycles. The number of benzene rings is 1. The Hall–Kier alpha value is -1.02. The van der Waals surface area contributed by atoms with E-state index < -0.39 is 0 Å². The number of fused-ring (bicyclic) bond motifs is 1. The van der Waals surface area contributed by atoms with Crippen molar-refractivity contribution in [2.24, 2.45) is 0 Å². The lowest BCUT2D eigenvalue weighted by Gasteiger charge is -2.24. The molecule has 1 aliphatic heterocycles. The molecule has 0 saturated heterocycles. The Morgan fingerprint density at radius 3 is 2.61 bits per heavy atom. The molecule has 1 aliphatic rings. The number of hydrogen-bond donors (Lipinski definition) is 1. The van der Waals surface area contributed by atoms with E-state index in [1.165, 1.54) is 11.1 Å². The molecule has 2 nitrogen and oxygen atoms in total. The highest BCUT2D eigenvalue weighted by atomic mass is 16.5. The van der Waals surface area contributed by atoms with Crippen LogP contribution in [0.1, 0.15) is 58.2 Å². The van der Waals surface area contributed by atoms with Crippen LogP contribution in [0.5, 0.6) is 5.75 Å². The summed E-state index contributed by atoms with van der Waals surface area (Å²) in [5.74, 6) is 1.05. The highest BCUT2D eigenvalue weighted by Gasteiger charge is 2.32. The van der Waals surface area contributed by atoms with E-state index >= 15 is 0 Å². The molecule has 0 spiro atoms. The van der Waals surface area contributed by atoms with Gasteiger partial charge in [-0.05, 0) is 43.0 Å². The molecular weight excluding hydrogens is 222 g/mol. The van der Waals surface area contributed by atoms with E-state index in [2.05, 4.69) is 58.1 Å². The van der Waals surface area contributed by atoms with Gasteiger partial charge in [0.2, 0.25) is 0 Å². The molecule has 2 heteroatoms. The van der Waals surface area contributed by atoms with Crippen LogP contribution in [0.2, 0.25) is 0 Å². The Kier molecular flexibility index (Phi) is 3.67. The van der Waals surface area contributed by atoms with Gasteiger partial charge in [-0.3, -0.25) is 0 Å². The summed E-state index contributed by atoms with van der Waals surface area (Å²) in [6, 6.07) is 7.01. The summed E-state index contributed by atoms with van der Waals surface area (Å²) in [7, 11) is 0. The van der Waals surface area contributed by atoms with Crippen LogP contribution in [0, 0.1) is 0 Å². The molecule has 0 aliphatic carbocycles. The van der Waals surface area contributed by atoms with Crippen LogP contribution in [-0.2, 0) is 5.41 Å². The first-order chi connectivity index (χ1) is 8.49. The number of hydrogen-bond acceptors (Lipinski definition) is 2. The van der Waals surface area contributed by atoms with Gasteiger partial charge in [0.05, 0.1) is 6.04 Å². The van der Waals surface area contributed by atoms with E-state index in [1.807, 2.05) is 0 Å². The first-order valence-corrected chi connectivity index (χ1v) is 7.04. The van der Waals surface area contributed by atoms with Gasteiger partial charge in [-0.15, -0.1) is 0 Å². The molecule has 0 amide bonds. The molecule has 0 radical (unpaired) electrons. The largest absolute Gasteiger partial charge is 0.488 e. The van der Waals surface area contributed by atoms with Crippen LogP contribution in [0.3, 0.4) is 0 Å². The quantitative estimate of drug-likeness (QED) is 0.873. The highest BCUT2D eigenvalue weighted by Crippen LogP contribution is 2.39. The van der Waals surface area contributed by atoms with Crippen LogP contribution in [0.4, 0.5) is 0 Å². The predicted molar refractivity (Wildman–Crippen MR) is 76.3 cm³/mol. The maximum absolute atomic E-state index is 5.91. The van der Waals surface area contributed by atoms with Crippen molar-refractivity contribution >= 4 is 0 Å². The molecule has 0 aromatic heterocycles. The van der Waals surface area contributed by atoms with Gasteiger partial charge in [0.15, 0.2) is 0 Å². The van der Waals surface area contributed by atoms with Gasteiger partial charge in [-0.2, -0.15) is 0 Å². The third-order valence-corrected chi connectivity index (χ3v) is 4.22. The van der Waals surface area contributed by atoms with Crippen LogP contribution in [0.15, 0.2) is 18.2 Å².